The molecule has 1 aromatic carbocycles. The van der Waals surface area contributed by atoms with Crippen molar-refractivity contribution in [1.82, 2.24) is 20.0 Å². The van der Waals surface area contributed by atoms with Gasteiger partial charge in [-0.25, -0.2) is 9.48 Å². The van der Waals surface area contributed by atoms with E-state index in [2.05, 4.69) is 10.4 Å². The third kappa shape index (κ3) is 5.57. The highest BCUT2D eigenvalue weighted by atomic mass is 16.6. The van der Waals surface area contributed by atoms with Crippen molar-refractivity contribution in [2.24, 2.45) is 0 Å². The Labute approximate surface area is 160 Å². The molecule has 0 saturated heterocycles. The maximum atomic E-state index is 12.5. The van der Waals surface area contributed by atoms with Crippen LogP contribution in [0.2, 0.25) is 0 Å². The molecule has 1 N–H and O–H groups in total. The maximum Gasteiger partial charge on any atom is 0.410 e. The Morgan fingerprint density at radius 3 is 2.48 bits per heavy atom. The van der Waals surface area contributed by atoms with Gasteiger partial charge in [-0.3, -0.25) is 4.79 Å². The Kier molecular flexibility index (Phi) is 6.60. The van der Waals surface area contributed by atoms with E-state index in [9.17, 15) is 9.59 Å². The van der Waals surface area contributed by atoms with Gasteiger partial charge in [-0.2, -0.15) is 5.10 Å². The standard InChI is InChI=1S/C20H28N4O3/c1-6-23(19(26)27-20(3,4)5)13-12-21-18(25)17-14-22-24(15(17)2)16-10-8-7-9-11-16/h7-11,14H,6,12-13H2,1-5H3,(H,21,25). The first-order valence-corrected chi connectivity index (χ1v) is 9.09. The number of para-hydroxylation sites is 1. The molecule has 2 aromatic rings. The van der Waals surface area contributed by atoms with E-state index in [1.807, 2.05) is 65.0 Å². The predicted molar refractivity (Wildman–Crippen MR) is 104 cm³/mol. The minimum absolute atomic E-state index is 0.213. The molecule has 1 aromatic heterocycles. The number of nitrogens with one attached hydrogen (secondary N) is 1. The lowest BCUT2D eigenvalue weighted by Gasteiger charge is -2.26. The summed E-state index contributed by atoms with van der Waals surface area (Å²) in [4.78, 5) is 26.2. The smallest absolute Gasteiger partial charge is 0.410 e. The molecule has 27 heavy (non-hydrogen) atoms. The number of amides is 2. The normalized spacial score (nSPS) is 11.1. The first-order valence-electron chi connectivity index (χ1n) is 9.09. The van der Waals surface area contributed by atoms with Crippen LogP contribution in [-0.4, -0.2) is 51.9 Å². The van der Waals surface area contributed by atoms with Crippen molar-refractivity contribution in [3.8, 4) is 5.69 Å². The molecule has 7 nitrogen and oxygen atoms in total. The summed E-state index contributed by atoms with van der Waals surface area (Å²) >= 11 is 0. The Morgan fingerprint density at radius 1 is 1.22 bits per heavy atom. The van der Waals surface area contributed by atoms with Crippen LogP contribution in [0.15, 0.2) is 36.5 Å². The molecule has 0 bridgehead atoms. The van der Waals surface area contributed by atoms with Gasteiger partial charge in [0.15, 0.2) is 0 Å². The number of rotatable bonds is 6. The molecule has 0 aliphatic heterocycles. The topological polar surface area (TPSA) is 76.5 Å². The molecule has 0 aliphatic carbocycles. The lowest BCUT2D eigenvalue weighted by molar-refractivity contribution is 0.0261. The van der Waals surface area contributed by atoms with E-state index in [0.717, 1.165) is 11.4 Å². The molecule has 1 heterocycles. The quantitative estimate of drug-likeness (QED) is 0.845. The molecule has 0 saturated carbocycles. The largest absolute Gasteiger partial charge is 0.444 e. The molecule has 0 unspecified atom stereocenters. The summed E-state index contributed by atoms with van der Waals surface area (Å²) in [5, 5.41) is 7.15. The van der Waals surface area contributed by atoms with E-state index in [4.69, 9.17) is 4.74 Å². The fraction of sp³-hybridized carbons (Fsp3) is 0.450. The molecule has 0 fully saturated rings. The van der Waals surface area contributed by atoms with E-state index in [-0.39, 0.29) is 12.0 Å². The number of hydrogen-bond acceptors (Lipinski definition) is 4. The molecule has 0 atom stereocenters. The van der Waals surface area contributed by atoms with Crippen molar-refractivity contribution in [2.75, 3.05) is 19.6 Å². The summed E-state index contributed by atoms with van der Waals surface area (Å²) in [6, 6.07) is 9.64. The van der Waals surface area contributed by atoms with Crippen LogP contribution < -0.4 is 5.32 Å². The van der Waals surface area contributed by atoms with Crippen LogP contribution in [0.1, 0.15) is 43.7 Å². The van der Waals surface area contributed by atoms with Crippen LogP contribution in [0.4, 0.5) is 4.79 Å². The van der Waals surface area contributed by atoms with Gasteiger partial charge in [-0.05, 0) is 46.8 Å². The van der Waals surface area contributed by atoms with Gasteiger partial charge in [-0.1, -0.05) is 18.2 Å². The van der Waals surface area contributed by atoms with E-state index in [0.29, 0.717) is 25.2 Å². The Morgan fingerprint density at radius 2 is 1.89 bits per heavy atom. The lowest BCUT2D eigenvalue weighted by atomic mass is 10.2. The second-order valence-corrected chi connectivity index (χ2v) is 7.21. The molecule has 0 aliphatic rings. The van der Waals surface area contributed by atoms with Gasteiger partial charge in [0.25, 0.3) is 5.91 Å². The molecular weight excluding hydrogens is 344 g/mol. The highest BCUT2D eigenvalue weighted by molar-refractivity contribution is 5.95. The average molecular weight is 372 g/mol. The molecule has 7 heteroatoms. The highest BCUT2D eigenvalue weighted by Crippen LogP contribution is 2.14. The van der Waals surface area contributed by atoms with Gasteiger partial charge in [0.2, 0.25) is 0 Å². The van der Waals surface area contributed by atoms with Crippen molar-refractivity contribution >= 4 is 12.0 Å². The zero-order valence-corrected chi connectivity index (χ0v) is 16.7. The summed E-state index contributed by atoms with van der Waals surface area (Å²) in [7, 11) is 0. The van der Waals surface area contributed by atoms with Crippen LogP contribution in [0.3, 0.4) is 0 Å². The number of likely N-dealkylation sites (N-methyl/N-ethyl adjacent to an activating group) is 1. The summed E-state index contributed by atoms with van der Waals surface area (Å²) in [5.74, 6) is -0.213. The van der Waals surface area contributed by atoms with Gasteiger partial charge in [0.05, 0.1) is 23.1 Å². The third-order valence-electron chi connectivity index (χ3n) is 3.96. The molecular formula is C20H28N4O3. The summed E-state index contributed by atoms with van der Waals surface area (Å²) in [6.07, 6.45) is 1.18. The molecule has 2 rings (SSSR count). The number of benzene rings is 1. The van der Waals surface area contributed by atoms with E-state index < -0.39 is 5.60 Å². The number of aromatic nitrogens is 2. The Bertz CT molecular complexity index is 778. The maximum absolute atomic E-state index is 12.5. The Hall–Kier alpha value is -2.83. The zero-order chi connectivity index (χ0) is 20.0. The SMILES string of the molecule is CCN(CCNC(=O)c1cnn(-c2ccccc2)c1C)C(=O)OC(C)(C)C. The van der Waals surface area contributed by atoms with Crippen molar-refractivity contribution in [3.05, 3.63) is 47.8 Å². The fourth-order valence-electron chi connectivity index (χ4n) is 2.57. The van der Waals surface area contributed by atoms with E-state index in [1.54, 1.807) is 15.8 Å². The molecule has 0 radical (unpaired) electrons. The number of carbonyl (C=O) groups is 2. The van der Waals surface area contributed by atoms with Crippen LogP contribution in [0.25, 0.3) is 5.69 Å². The van der Waals surface area contributed by atoms with Gasteiger partial charge in [0, 0.05) is 19.6 Å². The number of hydrogen-bond donors (Lipinski definition) is 1. The van der Waals surface area contributed by atoms with Crippen LogP contribution >= 0.6 is 0 Å². The van der Waals surface area contributed by atoms with Gasteiger partial charge in [0.1, 0.15) is 5.60 Å². The highest BCUT2D eigenvalue weighted by Gasteiger charge is 2.21. The first-order chi connectivity index (χ1) is 12.7. The van der Waals surface area contributed by atoms with E-state index in [1.165, 1.54) is 0 Å². The summed E-state index contributed by atoms with van der Waals surface area (Å²) in [5.41, 5.74) is 1.63. The minimum atomic E-state index is -0.545. The van der Waals surface area contributed by atoms with Crippen molar-refractivity contribution in [3.63, 3.8) is 0 Å². The number of nitrogens with zero attached hydrogens (tertiary/aromatic N) is 3. The molecule has 2 amide bonds. The van der Waals surface area contributed by atoms with Crippen molar-refractivity contribution in [1.29, 1.82) is 0 Å². The van der Waals surface area contributed by atoms with Crippen molar-refractivity contribution in [2.45, 2.75) is 40.2 Å². The van der Waals surface area contributed by atoms with Crippen LogP contribution in [0, 0.1) is 6.92 Å². The summed E-state index contributed by atoms with van der Waals surface area (Å²) < 4.78 is 7.10. The van der Waals surface area contributed by atoms with E-state index >= 15 is 0 Å². The first kappa shape index (κ1) is 20.5. The summed E-state index contributed by atoms with van der Waals surface area (Å²) in [6.45, 7) is 10.4. The second kappa shape index (κ2) is 8.70. The number of carbonyl (C=O) groups excluding carboxylic acids is 2. The Balaban J connectivity index is 1.94. The van der Waals surface area contributed by atoms with Gasteiger partial charge in [-0.15, -0.1) is 0 Å². The second-order valence-electron chi connectivity index (χ2n) is 7.21. The van der Waals surface area contributed by atoms with Crippen LogP contribution in [-0.2, 0) is 4.74 Å². The van der Waals surface area contributed by atoms with Crippen molar-refractivity contribution < 1.29 is 14.3 Å². The monoisotopic (exact) mass is 372 g/mol. The lowest BCUT2D eigenvalue weighted by Crippen LogP contribution is -2.41. The zero-order valence-electron chi connectivity index (χ0n) is 16.7. The van der Waals surface area contributed by atoms with Gasteiger partial charge >= 0.3 is 6.09 Å². The minimum Gasteiger partial charge on any atom is -0.444 e. The van der Waals surface area contributed by atoms with Gasteiger partial charge < -0.3 is 15.0 Å². The van der Waals surface area contributed by atoms with Crippen LogP contribution in [0.5, 0.6) is 0 Å². The predicted octanol–water partition coefficient (Wildman–Crippen LogP) is 3.17. The number of ether oxygens (including phenoxy) is 1. The molecule has 0 spiro atoms. The third-order valence-corrected chi connectivity index (χ3v) is 3.96. The fourth-order valence-corrected chi connectivity index (χ4v) is 2.57. The average Bonchev–Trinajstić information content (AvgIpc) is 2.99. The molecule has 146 valence electrons.